The van der Waals surface area contributed by atoms with Crippen LogP contribution in [-0.2, 0) is 5.41 Å². The highest BCUT2D eigenvalue weighted by Gasteiger charge is 2.53. The second-order valence-electron chi connectivity index (χ2n) is 11.5. The zero-order chi connectivity index (χ0) is 24.3. The van der Waals surface area contributed by atoms with E-state index < -0.39 is 5.60 Å². The number of likely N-dealkylation sites (tertiary alicyclic amines) is 1. The number of anilines is 1. The number of aliphatic hydroxyl groups is 1. The molecule has 2 bridgehead atoms. The van der Waals surface area contributed by atoms with E-state index in [2.05, 4.69) is 39.5 Å². The third-order valence-corrected chi connectivity index (χ3v) is 9.65. The van der Waals surface area contributed by atoms with Crippen LogP contribution in [0.1, 0.15) is 67.3 Å². The minimum absolute atomic E-state index is 0.156. The smallest absolute Gasteiger partial charge is 0.255 e. The van der Waals surface area contributed by atoms with Gasteiger partial charge in [-0.15, -0.1) is 0 Å². The molecule has 4 aliphatic carbocycles. The minimum Gasteiger partial charge on any atom is -0.390 e. The molecule has 1 aromatic heterocycles. The molecule has 4 N–H and O–H groups in total. The molecule has 6 nitrogen and oxygen atoms in total. The largest absolute Gasteiger partial charge is 0.390 e. The molecule has 4 saturated carbocycles. The number of amides is 1. The topological polar surface area (TPSA) is 91.5 Å². The summed E-state index contributed by atoms with van der Waals surface area (Å²) >= 11 is 0. The molecule has 1 amide bonds. The lowest BCUT2D eigenvalue weighted by atomic mass is 9.58. The zero-order valence-electron chi connectivity index (χ0n) is 20.2. The third kappa shape index (κ3) is 3.84. The lowest BCUT2D eigenvalue weighted by molar-refractivity contribution is -0.0702. The van der Waals surface area contributed by atoms with Crippen LogP contribution in [0.25, 0.3) is 11.1 Å². The Labute approximate surface area is 206 Å². The molecule has 0 radical (unpaired) electrons. The van der Waals surface area contributed by atoms with E-state index in [9.17, 15) is 14.3 Å². The first-order chi connectivity index (χ1) is 16.8. The monoisotopic (exact) mass is 478 g/mol. The Hall–Kier alpha value is -2.51. The van der Waals surface area contributed by atoms with Crippen LogP contribution in [0.2, 0.25) is 0 Å². The summed E-state index contributed by atoms with van der Waals surface area (Å²) in [7, 11) is 0. The van der Waals surface area contributed by atoms with E-state index in [1.807, 2.05) is 6.07 Å². The van der Waals surface area contributed by atoms with Gasteiger partial charge in [-0.05, 0) is 74.5 Å². The van der Waals surface area contributed by atoms with Gasteiger partial charge in [0.05, 0.1) is 11.2 Å². The Balaban J connectivity index is 1.20. The Bertz CT molecular complexity index is 1110. The second kappa shape index (κ2) is 8.27. The molecule has 1 aliphatic heterocycles. The predicted octanol–water partition coefficient (Wildman–Crippen LogP) is 3.83. The number of pyridine rings is 1. The average Bonchev–Trinajstić information content (AvgIpc) is 3.11. The highest BCUT2D eigenvalue weighted by atomic mass is 19.1. The second-order valence-corrected chi connectivity index (χ2v) is 11.5. The molecule has 186 valence electrons. The summed E-state index contributed by atoms with van der Waals surface area (Å²) in [5.41, 5.74) is 9.10. The third-order valence-electron chi connectivity index (χ3n) is 9.65. The van der Waals surface area contributed by atoms with E-state index in [0.29, 0.717) is 18.0 Å². The van der Waals surface area contributed by atoms with Gasteiger partial charge >= 0.3 is 0 Å². The van der Waals surface area contributed by atoms with Gasteiger partial charge in [-0.25, -0.2) is 9.37 Å². The van der Waals surface area contributed by atoms with Gasteiger partial charge in [-0.3, -0.25) is 9.69 Å². The number of alkyl halides is 1. The number of nitrogen functional groups attached to an aromatic ring is 1. The van der Waals surface area contributed by atoms with E-state index in [1.165, 1.54) is 12.0 Å². The van der Waals surface area contributed by atoms with Crippen molar-refractivity contribution in [1.82, 2.24) is 15.2 Å². The predicted molar refractivity (Wildman–Crippen MR) is 134 cm³/mol. The van der Waals surface area contributed by atoms with Crippen molar-refractivity contribution >= 4 is 11.7 Å². The molecule has 1 saturated heterocycles. The number of fused-ring (bicyclic) bond motifs is 4. The minimum atomic E-state index is -0.539. The van der Waals surface area contributed by atoms with Crippen molar-refractivity contribution < 1.29 is 14.3 Å². The fourth-order valence-electron chi connectivity index (χ4n) is 7.18. The van der Waals surface area contributed by atoms with Crippen LogP contribution in [0.3, 0.4) is 0 Å². The van der Waals surface area contributed by atoms with Crippen LogP contribution in [0.5, 0.6) is 0 Å². The van der Waals surface area contributed by atoms with Gasteiger partial charge in [-0.2, -0.15) is 0 Å². The van der Waals surface area contributed by atoms with Gasteiger partial charge in [0.25, 0.3) is 5.91 Å². The maximum atomic E-state index is 13.3. The Morgan fingerprint density at radius 3 is 2.46 bits per heavy atom. The maximum Gasteiger partial charge on any atom is 0.255 e. The molecule has 5 fully saturated rings. The fraction of sp³-hybridized carbons (Fsp3) is 0.571. The van der Waals surface area contributed by atoms with Crippen molar-refractivity contribution in [1.29, 1.82) is 0 Å². The first kappa shape index (κ1) is 22.9. The molecule has 7 rings (SSSR count). The summed E-state index contributed by atoms with van der Waals surface area (Å²) in [4.78, 5) is 19.9. The molecule has 7 heteroatoms. The van der Waals surface area contributed by atoms with E-state index in [-0.39, 0.29) is 29.4 Å². The maximum absolute atomic E-state index is 13.3. The highest BCUT2D eigenvalue weighted by Crippen LogP contribution is 2.53. The summed E-state index contributed by atoms with van der Waals surface area (Å²) in [6.07, 6.45) is 8.71. The number of nitrogens with one attached hydrogen (secondary N) is 1. The number of carbonyl (C=O) groups excluding carboxylic acids is 1. The number of benzene rings is 1. The highest BCUT2D eigenvalue weighted by molar-refractivity contribution is 5.99. The van der Waals surface area contributed by atoms with E-state index in [1.54, 1.807) is 6.20 Å². The SMILES string of the molecule is Nc1ncc(-c2ccc([C@@]34CC[C@@H]3CN(CCF)C4)cc2)cc1C(=O)NC12CCC(O)(CC1)CC2. The Kier molecular flexibility index (Phi) is 5.42. The van der Waals surface area contributed by atoms with Crippen LogP contribution in [0, 0.1) is 5.92 Å². The molecule has 35 heavy (non-hydrogen) atoms. The van der Waals surface area contributed by atoms with Crippen LogP contribution in [0.15, 0.2) is 36.5 Å². The molecular formula is C28H35FN4O2. The molecule has 2 atom stereocenters. The van der Waals surface area contributed by atoms with Crippen LogP contribution in [0.4, 0.5) is 10.2 Å². The van der Waals surface area contributed by atoms with Crippen molar-refractivity contribution in [2.45, 2.75) is 67.9 Å². The van der Waals surface area contributed by atoms with Gasteiger partial charge in [0, 0.05) is 42.3 Å². The van der Waals surface area contributed by atoms with Gasteiger partial charge < -0.3 is 16.2 Å². The van der Waals surface area contributed by atoms with Gasteiger partial charge in [0.15, 0.2) is 0 Å². The number of halogens is 1. The summed E-state index contributed by atoms with van der Waals surface area (Å²) < 4.78 is 12.9. The number of nitrogens with two attached hydrogens (primary N) is 1. The number of carbonyl (C=O) groups is 1. The zero-order valence-corrected chi connectivity index (χ0v) is 20.2. The van der Waals surface area contributed by atoms with E-state index in [0.717, 1.165) is 69.2 Å². The summed E-state index contributed by atoms with van der Waals surface area (Å²) in [6, 6.07) is 10.4. The van der Waals surface area contributed by atoms with Crippen molar-refractivity contribution in [3.8, 4) is 11.1 Å². The van der Waals surface area contributed by atoms with Crippen LogP contribution >= 0.6 is 0 Å². The summed E-state index contributed by atoms with van der Waals surface area (Å²) in [5.74, 6) is 0.664. The lowest BCUT2D eigenvalue weighted by Crippen LogP contribution is -2.58. The number of rotatable bonds is 6. The first-order valence-electron chi connectivity index (χ1n) is 13.0. The standard InChI is InChI=1S/C28H35FN4O2/c29-13-14-33-17-22-5-6-28(22,18-33)21-3-1-19(2-4-21)20-15-23(24(30)31-16-20)25(34)32-26-7-10-27(35,11-8-26)12-9-26/h1-4,15-16,22,35H,5-14,17-18H2,(H2,30,31)(H,32,34)/t22-,26?,27?,28+/m1/s1. The molecule has 2 aromatic rings. The number of nitrogens with zero attached hydrogens (tertiary/aromatic N) is 2. The first-order valence-corrected chi connectivity index (χ1v) is 13.0. The number of aromatic nitrogens is 1. The van der Waals surface area contributed by atoms with Crippen LogP contribution < -0.4 is 11.1 Å². The number of hydrogen-bond acceptors (Lipinski definition) is 5. The molecule has 5 aliphatic rings. The van der Waals surface area contributed by atoms with E-state index >= 15 is 0 Å². The van der Waals surface area contributed by atoms with Gasteiger partial charge in [0.1, 0.15) is 12.5 Å². The average molecular weight is 479 g/mol. The molecule has 0 spiro atoms. The normalized spacial score (nSPS) is 33.8. The fourth-order valence-corrected chi connectivity index (χ4v) is 7.18. The van der Waals surface area contributed by atoms with Crippen molar-refractivity contribution in [2.24, 2.45) is 5.92 Å². The van der Waals surface area contributed by atoms with Crippen LogP contribution in [-0.4, -0.2) is 58.3 Å². The molecular weight excluding hydrogens is 443 g/mol. The number of hydrogen-bond donors (Lipinski definition) is 3. The summed E-state index contributed by atoms with van der Waals surface area (Å²) in [5, 5.41) is 13.7. The van der Waals surface area contributed by atoms with Crippen molar-refractivity contribution in [3.63, 3.8) is 0 Å². The van der Waals surface area contributed by atoms with Gasteiger partial charge in [-0.1, -0.05) is 24.3 Å². The summed E-state index contributed by atoms with van der Waals surface area (Å²) in [6.45, 7) is 2.17. The van der Waals surface area contributed by atoms with Crippen molar-refractivity contribution in [3.05, 3.63) is 47.7 Å². The Morgan fingerprint density at radius 2 is 1.83 bits per heavy atom. The molecule has 2 heterocycles. The van der Waals surface area contributed by atoms with Crippen molar-refractivity contribution in [2.75, 3.05) is 32.0 Å². The Morgan fingerprint density at radius 1 is 1.11 bits per heavy atom. The quantitative estimate of drug-likeness (QED) is 0.587. The van der Waals surface area contributed by atoms with E-state index in [4.69, 9.17) is 5.73 Å². The molecule has 0 unspecified atom stereocenters. The van der Waals surface area contributed by atoms with Gasteiger partial charge in [0.2, 0.25) is 0 Å². The lowest BCUT2D eigenvalue weighted by Gasteiger charge is -2.51. The molecule has 1 aromatic carbocycles.